The first-order chi connectivity index (χ1) is 8.38. The first-order valence-corrected chi connectivity index (χ1v) is 8.06. The van der Waals surface area contributed by atoms with E-state index in [0.29, 0.717) is 5.75 Å². The van der Waals surface area contributed by atoms with Gasteiger partial charge >= 0.3 is 0 Å². The summed E-state index contributed by atoms with van der Waals surface area (Å²) in [7, 11) is -3.82. The minimum Gasteiger partial charge on any atom is -0.258 e. The van der Waals surface area contributed by atoms with Crippen LogP contribution in [-0.2, 0) is 10.0 Å². The Kier molecular flexibility index (Phi) is 5.39. The van der Waals surface area contributed by atoms with Gasteiger partial charge in [0, 0.05) is 24.4 Å². The Morgan fingerprint density at radius 2 is 2.17 bits per heavy atom. The predicted molar refractivity (Wildman–Crippen MR) is 71.7 cm³/mol. The van der Waals surface area contributed by atoms with Gasteiger partial charge in [-0.15, -0.1) is 0 Å². The van der Waals surface area contributed by atoms with E-state index in [9.17, 15) is 18.5 Å². The third kappa shape index (κ3) is 3.84. The number of nitrogens with one attached hydrogen (secondary N) is 1. The van der Waals surface area contributed by atoms with Crippen LogP contribution in [0.2, 0.25) is 5.02 Å². The van der Waals surface area contributed by atoms with Crippen LogP contribution in [0.15, 0.2) is 23.1 Å². The van der Waals surface area contributed by atoms with Gasteiger partial charge in [-0.3, -0.25) is 10.1 Å². The van der Waals surface area contributed by atoms with E-state index in [4.69, 9.17) is 11.6 Å². The molecule has 1 N–H and O–H groups in total. The maximum Gasteiger partial charge on any atom is 0.270 e. The minimum atomic E-state index is -3.82. The molecule has 0 aliphatic heterocycles. The third-order valence-corrected chi connectivity index (χ3v) is 4.57. The van der Waals surface area contributed by atoms with Crippen molar-refractivity contribution in [3.8, 4) is 0 Å². The lowest BCUT2D eigenvalue weighted by Gasteiger charge is -2.07. The van der Waals surface area contributed by atoms with Crippen molar-refractivity contribution in [1.82, 2.24) is 4.72 Å². The van der Waals surface area contributed by atoms with Crippen molar-refractivity contribution in [2.75, 3.05) is 18.6 Å². The van der Waals surface area contributed by atoms with Crippen LogP contribution in [0.25, 0.3) is 0 Å². The van der Waals surface area contributed by atoms with Crippen molar-refractivity contribution in [2.24, 2.45) is 0 Å². The van der Waals surface area contributed by atoms with Crippen molar-refractivity contribution in [3.05, 3.63) is 33.3 Å². The van der Waals surface area contributed by atoms with Crippen molar-refractivity contribution in [1.29, 1.82) is 0 Å². The van der Waals surface area contributed by atoms with E-state index in [2.05, 4.69) is 4.72 Å². The molecule has 0 aliphatic carbocycles. The summed E-state index contributed by atoms with van der Waals surface area (Å²) in [4.78, 5) is 9.65. The highest BCUT2D eigenvalue weighted by molar-refractivity contribution is 7.98. The maximum absolute atomic E-state index is 11.9. The smallest absolute Gasteiger partial charge is 0.258 e. The first kappa shape index (κ1) is 15.2. The number of rotatable bonds is 6. The zero-order chi connectivity index (χ0) is 13.8. The van der Waals surface area contributed by atoms with E-state index in [0.717, 1.165) is 12.1 Å². The van der Waals surface area contributed by atoms with Crippen LogP contribution >= 0.6 is 23.4 Å². The zero-order valence-corrected chi connectivity index (χ0v) is 11.8. The van der Waals surface area contributed by atoms with E-state index in [1.807, 2.05) is 6.26 Å². The molecule has 0 saturated carbocycles. The molecule has 1 aromatic rings. The number of nitro groups is 1. The molecule has 0 spiro atoms. The van der Waals surface area contributed by atoms with Gasteiger partial charge in [-0.2, -0.15) is 11.8 Å². The van der Waals surface area contributed by atoms with Gasteiger partial charge in [-0.05, 0) is 12.3 Å². The fourth-order valence-corrected chi connectivity index (χ4v) is 3.15. The molecule has 6 nitrogen and oxygen atoms in total. The Morgan fingerprint density at radius 3 is 2.72 bits per heavy atom. The SMILES string of the molecule is CSCCNS(=O)(=O)c1cc([N+](=O)[O-])ccc1Cl. The number of non-ortho nitro benzene ring substituents is 1. The lowest BCUT2D eigenvalue weighted by Crippen LogP contribution is -2.26. The molecule has 0 aromatic heterocycles. The standard InChI is InChI=1S/C9H11ClN2O4S2/c1-17-5-4-11-18(15,16)9-6-7(12(13)14)2-3-8(9)10/h2-3,6,11H,4-5H2,1H3. The quantitative estimate of drug-likeness (QED) is 0.492. The maximum atomic E-state index is 11.9. The summed E-state index contributed by atoms with van der Waals surface area (Å²) in [6, 6.07) is 3.30. The summed E-state index contributed by atoms with van der Waals surface area (Å²) in [6.07, 6.45) is 1.84. The summed E-state index contributed by atoms with van der Waals surface area (Å²) >= 11 is 7.23. The summed E-state index contributed by atoms with van der Waals surface area (Å²) in [6.45, 7) is 0.239. The lowest BCUT2D eigenvalue weighted by atomic mass is 10.3. The number of hydrogen-bond acceptors (Lipinski definition) is 5. The fourth-order valence-electron chi connectivity index (χ4n) is 1.17. The Balaban J connectivity index is 3.07. The molecule has 0 saturated heterocycles. The van der Waals surface area contributed by atoms with Gasteiger partial charge in [0.1, 0.15) is 4.90 Å². The monoisotopic (exact) mass is 310 g/mol. The summed E-state index contributed by atoms with van der Waals surface area (Å²) in [5, 5.41) is 10.6. The van der Waals surface area contributed by atoms with Gasteiger partial charge < -0.3 is 0 Å². The van der Waals surface area contributed by atoms with Crippen LogP contribution in [0, 0.1) is 10.1 Å². The molecule has 0 heterocycles. The second-order valence-corrected chi connectivity index (χ2v) is 6.39. The van der Waals surface area contributed by atoms with Gasteiger partial charge in [0.05, 0.1) is 9.95 Å². The number of benzene rings is 1. The molecular weight excluding hydrogens is 300 g/mol. The Labute approximate surface area is 114 Å². The van der Waals surface area contributed by atoms with Crippen LogP contribution < -0.4 is 4.72 Å². The molecular formula is C9H11ClN2O4S2. The number of thioether (sulfide) groups is 1. The van der Waals surface area contributed by atoms with Crippen LogP contribution in [0.4, 0.5) is 5.69 Å². The van der Waals surface area contributed by atoms with Crippen LogP contribution in [0.1, 0.15) is 0 Å². The van der Waals surface area contributed by atoms with Gasteiger partial charge in [-0.25, -0.2) is 13.1 Å². The number of hydrogen-bond donors (Lipinski definition) is 1. The van der Waals surface area contributed by atoms with E-state index >= 15 is 0 Å². The lowest BCUT2D eigenvalue weighted by molar-refractivity contribution is -0.385. The van der Waals surface area contributed by atoms with Crippen molar-refractivity contribution >= 4 is 39.1 Å². The molecule has 0 bridgehead atoms. The van der Waals surface area contributed by atoms with Gasteiger partial charge in [0.15, 0.2) is 0 Å². The number of nitro benzene ring substituents is 1. The van der Waals surface area contributed by atoms with E-state index in [-0.39, 0.29) is 22.2 Å². The van der Waals surface area contributed by atoms with Gasteiger partial charge in [0.2, 0.25) is 10.0 Å². The Bertz CT molecular complexity index is 547. The second kappa shape index (κ2) is 6.37. The second-order valence-electron chi connectivity index (χ2n) is 3.26. The van der Waals surface area contributed by atoms with Gasteiger partial charge in [-0.1, -0.05) is 11.6 Å². The van der Waals surface area contributed by atoms with E-state index in [1.165, 1.54) is 17.8 Å². The first-order valence-electron chi connectivity index (χ1n) is 4.81. The molecule has 0 atom stereocenters. The van der Waals surface area contributed by atoms with Gasteiger partial charge in [0.25, 0.3) is 5.69 Å². The molecule has 1 aromatic carbocycles. The molecule has 100 valence electrons. The average molecular weight is 311 g/mol. The minimum absolute atomic E-state index is 0.0442. The van der Waals surface area contributed by atoms with Crippen molar-refractivity contribution < 1.29 is 13.3 Å². The summed E-state index contributed by atoms with van der Waals surface area (Å²) in [5.74, 6) is 0.603. The molecule has 0 aliphatic rings. The summed E-state index contributed by atoms with van der Waals surface area (Å²) in [5.41, 5.74) is -0.315. The van der Waals surface area contributed by atoms with Crippen molar-refractivity contribution in [2.45, 2.75) is 4.90 Å². The molecule has 9 heteroatoms. The highest BCUT2D eigenvalue weighted by atomic mass is 35.5. The van der Waals surface area contributed by atoms with Crippen LogP contribution in [0.5, 0.6) is 0 Å². The van der Waals surface area contributed by atoms with E-state index in [1.54, 1.807) is 0 Å². The van der Waals surface area contributed by atoms with Crippen molar-refractivity contribution in [3.63, 3.8) is 0 Å². The highest BCUT2D eigenvalue weighted by Gasteiger charge is 2.20. The highest BCUT2D eigenvalue weighted by Crippen LogP contribution is 2.25. The largest absolute Gasteiger partial charge is 0.270 e. The van der Waals surface area contributed by atoms with E-state index < -0.39 is 14.9 Å². The molecule has 1 rings (SSSR count). The Morgan fingerprint density at radius 1 is 1.50 bits per heavy atom. The number of nitrogens with zero attached hydrogens (tertiary/aromatic N) is 1. The molecule has 0 radical (unpaired) electrons. The average Bonchev–Trinajstić information content (AvgIpc) is 2.29. The van der Waals surface area contributed by atoms with Crippen LogP contribution in [-0.4, -0.2) is 31.9 Å². The molecule has 0 amide bonds. The molecule has 0 unspecified atom stereocenters. The summed E-state index contributed by atoms with van der Waals surface area (Å²) < 4.78 is 26.1. The molecule has 18 heavy (non-hydrogen) atoms. The fraction of sp³-hybridized carbons (Fsp3) is 0.333. The zero-order valence-electron chi connectivity index (χ0n) is 9.42. The normalized spacial score (nSPS) is 11.4. The Hall–Kier alpha value is -0.830. The number of halogens is 1. The third-order valence-electron chi connectivity index (χ3n) is 2.01. The van der Waals surface area contributed by atoms with Crippen LogP contribution in [0.3, 0.4) is 0 Å². The topological polar surface area (TPSA) is 89.3 Å². The number of sulfonamides is 1. The molecule has 0 fully saturated rings. The predicted octanol–water partition coefficient (Wildman–Crippen LogP) is 1.89.